The maximum absolute atomic E-state index is 5.49. The van der Waals surface area contributed by atoms with E-state index in [-0.39, 0.29) is 0 Å². The molecule has 1 unspecified atom stereocenters. The average molecular weight is 193 g/mol. The molecule has 2 heterocycles. The third-order valence-electron chi connectivity index (χ3n) is 3.63. The predicted octanol–water partition coefficient (Wildman–Crippen LogP) is 1.24. The highest BCUT2D eigenvalue weighted by atomic mass is 16.4. The molecule has 0 aromatic carbocycles. The van der Waals surface area contributed by atoms with Crippen LogP contribution in [0.4, 0.5) is 0 Å². The Hall–Kier alpha value is -0.900. The zero-order valence-electron chi connectivity index (χ0n) is 8.42. The largest absolute Gasteiger partial charge is 0.425 e. The second kappa shape index (κ2) is 2.79. The molecule has 1 aromatic rings. The molecule has 3 rings (SSSR count). The lowest BCUT2D eigenvalue weighted by Crippen LogP contribution is -2.29. The van der Waals surface area contributed by atoms with Crippen LogP contribution in [0.5, 0.6) is 0 Å². The predicted molar refractivity (Wildman–Crippen MR) is 50.9 cm³/mol. The first-order valence-electron chi connectivity index (χ1n) is 5.31. The molecule has 1 aliphatic carbocycles. The third kappa shape index (κ3) is 1.17. The van der Waals surface area contributed by atoms with Crippen molar-refractivity contribution in [2.45, 2.75) is 32.1 Å². The van der Waals surface area contributed by atoms with Gasteiger partial charge in [-0.15, -0.1) is 10.2 Å². The minimum absolute atomic E-state index is 0.504. The van der Waals surface area contributed by atoms with Crippen LogP contribution in [0.2, 0.25) is 0 Å². The maximum atomic E-state index is 5.49. The van der Waals surface area contributed by atoms with Crippen LogP contribution in [0.1, 0.15) is 37.0 Å². The van der Waals surface area contributed by atoms with Gasteiger partial charge in [-0.2, -0.15) is 0 Å². The van der Waals surface area contributed by atoms with E-state index in [1.807, 2.05) is 6.92 Å². The molecule has 4 nitrogen and oxygen atoms in total. The van der Waals surface area contributed by atoms with Gasteiger partial charge in [-0.3, -0.25) is 0 Å². The Morgan fingerprint density at radius 3 is 2.79 bits per heavy atom. The van der Waals surface area contributed by atoms with Crippen molar-refractivity contribution < 1.29 is 4.42 Å². The van der Waals surface area contributed by atoms with Crippen molar-refractivity contribution in [2.24, 2.45) is 5.41 Å². The molecule has 0 bridgehead atoms. The van der Waals surface area contributed by atoms with Gasteiger partial charge < -0.3 is 9.73 Å². The number of rotatable bonds is 1. The van der Waals surface area contributed by atoms with Crippen molar-refractivity contribution in [1.82, 2.24) is 15.5 Å². The molecule has 1 saturated heterocycles. The van der Waals surface area contributed by atoms with Crippen molar-refractivity contribution in [3.63, 3.8) is 0 Å². The van der Waals surface area contributed by atoms with Crippen LogP contribution in [0.3, 0.4) is 0 Å². The summed E-state index contributed by atoms with van der Waals surface area (Å²) in [6.45, 7) is 4.14. The van der Waals surface area contributed by atoms with Crippen LogP contribution < -0.4 is 5.32 Å². The van der Waals surface area contributed by atoms with Crippen LogP contribution in [-0.4, -0.2) is 23.3 Å². The first kappa shape index (κ1) is 8.41. The Morgan fingerprint density at radius 2 is 2.14 bits per heavy atom. The highest BCUT2D eigenvalue weighted by Crippen LogP contribution is 2.63. The van der Waals surface area contributed by atoms with Crippen molar-refractivity contribution in [1.29, 1.82) is 0 Å². The highest BCUT2D eigenvalue weighted by molar-refractivity contribution is 5.17. The van der Waals surface area contributed by atoms with Gasteiger partial charge in [0.25, 0.3) is 0 Å². The van der Waals surface area contributed by atoms with Crippen LogP contribution in [0.15, 0.2) is 4.42 Å². The molecule has 1 N–H and O–H groups in total. The molecule has 1 aromatic heterocycles. The van der Waals surface area contributed by atoms with Gasteiger partial charge in [-0.1, -0.05) is 0 Å². The number of piperidine rings is 1. The Morgan fingerprint density at radius 1 is 1.36 bits per heavy atom. The number of nitrogens with one attached hydrogen (secondary N) is 1. The van der Waals surface area contributed by atoms with Crippen LogP contribution in [0, 0.1) is 12.3 Å². The number of hydrogen-bond acceptors (Lipinski definition) is 4. The van der Waals surface area contributed by atoms with Gasteiger partial charge in [0, 0.05) is 12.8 Å². The Bertz CT molecular complexity index is 341. The fourth-order valence-corrected chi connectivity index (χ4v) is 2.63. The molecular formula is C10H15N3O. The highest BCUT2D eigenvalue weighted by Gasteiger charge is 2.57. The lowest BCUT2D eigenvalue weighted by Gasteiger charge is -2.22. The first-order chi connectivity index (χ1) is 6.80. The Kier molecular flexibility index (Phi) is 1.68. The summed E-state index contributed by atoms with van der Waals surface area (Å²) in [5.41, 5.74) is 0.504. The summed E-state index contributed by atoms with van der Waals surface area (Å²) in [6, 6.07) is 0. The zero-order chi connectivity index (χ0) is 9.60. The number of nitrogens with zero attached hydrogens (tertiary/aromatic N) is 2. The minimum atomic E-state index is 0.504. The molecule has 2 fully saturated rings. The molecule has 4 heteroatoms. The summed E-state index contributed by atoms with van der Waals surface area (Å²) in [6.07, 6.45) is 3.77. The van der Waals surface area contributed by atoms with Gasteiger partial charge in [-0.25, -0.2) is 0 Å². The summed E-state index contributed by atoms with van der Waals surface area (Å²) in [5.74, 6) is 2.10. The second-order valence-electron chi connectivity index (χ2n) is 4.53. The first-order valence-corrected chi connectivity index (χ1v) is 5.31. The lowest BCUT2D eigenvalue weighted by molar-refractivity contribution is 0.326. The number of aromatic nitrogens is 2. The fourth-order valence-electron chi connectivity index (χ4n) is 2.63. The van der Waals surface area contributed by atoms with Gasteiger partial charge in [0.2, 0.25) is 11.8 Å². The van der Waals surface area contributed by atoms with Crippen molar-refractivity contribution in [3.8, 4) is 0 Å². The van der Waals surface area contributed by atoms with E-state index < -0.39 is 0 Å². The normalized spacial score (nSPS) is 29.4. The summed E-state index contributed by atoms with van der Waals surface area (Å²) in [7, 11) is 0. The quantitative estimate of drug-likeness (QED) is 0.729. The van der Waals surface area contributed by atoms with Crippen molar-refractivity contribution in [3.05, 3.63) is 11.8 Å². The molecular weight excluding hydrogens is 178 g/mol. The van der Waals surface area contributed by atoms with Gasteiger partial charge >= 0.3 is 0 Å². The maximum Gasteiger partial charge on any atom is 0.220 e. The SMILES string of the molecule is Cc1nnc(C2CC23CCNCC3)o1. The Balaban J connectivity index is 1.77. The molecule has 1 atom stereocenters. The van der Waals surface area contributed by atoms with Crippen LogP contribution in [-0.2, 0) is 0 Å². The van der Waals surface area contributed by atoms with Crippen LogP contribution >= 0.6 is 0 Å². The Labute approximate surface area is 83.1 Å². The summed E-state index contributed by atoms with van der Waals surface area (Å²) in [4.78, 5) is 0. The molecule has 2 aliphatic rings. The van der Waals surface area contributed by atoms with E-state index in [2.05, 4.69) is 15.5 Å². The topological polar surface area (TPSA) is 51.0 Å². The van der Waals surface area contributed by atoms with E-state index in [9.17, 15) is 0 Å². The van der Waals surface area contributed by atoms with Crippen LogP contribution in [0.25, 0.3) is 0 Å². The van der Waals surface area contributed by atoms with Gasteiger partial charge in [0.05, 0.1) is 0 Å². The molecule has 0 amide bonds. The second-order valence-corrected chi connectivity index (χ2v) is 4.53. The molecule has 76 valence electrons. The van der Waals surface area contributed by atoms with Crippen molar-refractivity contribution >= 4 is 0 Å². The molecule has 1 aliphatic heterocycles. The summed E-state index contributed by atoms with van der Waals surface area (Å²) >= 11 is 0. The molecule has 1 saturated carbocycles. The van der Waals surface area contributed by atoms with Gasteiger partial charge in [0.1, 0.15) is 0 Å². The van der Waals surface area contributed by atoms with E-state index in [1.165, 1.54) is 19.3 Å². The monoisotopic (exact) mass is 193 g/mol. The number of hydrogen-bond donors (Lipinski definition) is 1. The van der Waals surface area contributed by atoms with E-state index in [0.717, 1.165) is 19.0 Å². The van der Waals surface area contributed by atoms with Gasteiger partial charge in [0.15, 0.2) is 0 Å². The van der Waals surface area contributed by atoms with E-state index >= 15 is 0 Å². The fraction of sp³-hybridized carbons (Fsp3) is 0.800. The lowest BCUT2D eigenvalue weighted by atomic mass is 9.92. The van der Waals surface area contributed by atoms with E-state index in [1.54, 1.807) is 0 Å². The molecule has 1 spiro atoms. The van der Waals surface area contributed by atoms with Crippen molar-refractivity contribution in [2.75, 3.05) is 13.1 Å². The number of aryl methyl sites for hydroxylation is 1. The average Bonchev–Trinajstić information content (AvgIpc) is 2.70. The molecule has 14 heavy (non-hydrogen) atoms. The minimum Gasteiger partial charge on any atom is -0.425 e. The summed E-state index contributed by atoms with van der Waals surface area (Å²) in [5, 5.41) is 11.4. The van der Waals surface area contributed by atoms with Gasteiger partial charge in [-0.05, 0) is 37.8 Å². The third-order valence-corrected chi connectivity index (χ3v) is 3.63. The standard InChI is InChI=1S/C10H15N3O/c1-7-12-13-9(14-7)8-6-10(8)2-4-11-5-3-10/h8,11H,2-6H2,1H3. The van der Waals surface area contributed by atoms with E-state index in [4.69, 9.17) is 4.42 Å². The van der Waals surface area contributed by atoms with E-state index in [0.29, 0.717) is 17.2 Å². The smallest absolute Gasteiger partial charge is 0.220 e. The zero-order valence-corrected chi connectivity index (χ0v) is 8.42. The summed E-state index contributed by atoms with van der Waals surface area (Å²) < 4.78 is 5.49. The molecule has 0 radical (unpaired) electrons.